The summed E-state index contributed by atoms with van der Waals surface area (Å²) in [6.45, 7) is 10.7. The zero-order valence-corrected chi connectivity index (χ0v) is 20.0. The number of piperazine rings is 1. The molecule has 5 rings (SSSR count). The molecule has 174 valence electrons. The van der Waals surface area contributed by atoms with Crippen LogP contribution >= 0.6 is 0 Å². The molecule has 1 fully saturated rings. The minimum Gasteiger partial charge on any atom is -0.370 e. The van der Waals surface area contributed by atoms with Crippen LogP contribution in [0.5, 0.6) is 0 Å². The number of likely N-dealkylation sites (N-methyl/N-ethyl adjacent to an activating group) is 1. The number of hydrogen-bond donors (Lipinski definition) is 2. The summed E-state index contributed by atoms with van der Waals surface area (Å²) in [5, 5.41) is 7.86. The van der Waals surface area contributed by atoms with Gasteiger partial charge in [0.1, 0.15) is 5.82 Å². The molecule has 8 nitrogen and oxygen atoms in total. The van der Waals surface area contributed by atoms with Crippen molar-refractivity contribution < 1.29 is 0 Å². The summed E-state index contributed by atoms with van der Waals surface area (Å²) in [6, 6.07) is 6.38. The van der Waals surface area contributed by atoms with E-state index in [1.807, 2.05) is 19.9 Å². The molecule has 2 aromatic heterocycles. The van der Waals surface area contributed by atoms with Crippen LogP contribution in [0.15, 0.2) is 18.2 Å². The summed E-state index contributed by atoms with van der Waals surface area (Å²) in [7, 11) is 2.19. The minimum atomic E-state index is 0.530. The second kappa shape index (κ2) is 9.57. The highest BCUT2D eigenvalue weighted by molar-refractivity contribution is 5.86. The van der Waals surface area contributed by atoms with Crippen LogP contribution < -0.4 is 10.6 Å². The van der Waals surface area contributed by atoms with E-state index < -0.39 is 0 Å². The fraction of sp³-hybridized carbons (Fsp3) is 0.520. The summed E-state index contributed by atoms with van der Waals surface area (Å²) in [6.07, 6.45) is 4.52. The molecule has 0 radical (unpaired) electrons. The first-order valence-electron chi connectivity index (χ1n) is 12.1. The molecule has 0 atom stereocenters. The van der Waals surface area contributed by atoms with Crippen molar-refractivity contribution in [1.29, 1.82) is 0 Å². The molecular weight excluding hydrogens is 412 g/mol. The molecule has 33 heavy (non-hydrogen) atoms. The molecule has 3 aromatic rings. The largest absolute Gasteiger partial charge is 0.370 e. The molecule has 1 aromatic carbocycles. The van der Waals surface area contributed by atoms with Gasteiger partial charge in [-0.1, -0.05) is 12.1 Å². The Morgan fingerprint density at radius 2 is 1.76 bits per heavy atom. The first-order valence-corrected chi connectivity index (χ1v) is 12.1. The number of rotatable bonds is 7. The Balaban J connectivity index is 1.25. The van der Waals surface area contributed by atoms with Crippen molar-refractivity contribution in [1.82, 2.24) is 29.7 Å². The normalized spacial score (nSPS) is 16.8. The molecule has 3 heterocycles. The molecule has 8 heteroatoms. The van der Waals surface area contributed by atoms with E-state index in [2.05, 4.69) is 54.6 Å². The number of benzene rings is 1. The third kappa shape index (κ3) is 5.07. The summed E-state index contributed by atoms with van der Waals surface area (Å²) in [4.78, 5) is 23.7. The molecule has 0 spiro atoms. The number of aromatic nitrogens is 4. The molecule has 2 N–H and O–H groups in total. The Morgan fingerprint density at radius 1 is 0.939 bits per heavy atom. The van der Waals surface area contributed by atoms with Crippen LogP contribution in [0.1, 0.15) is 35.4 Å². The van der Waals surface area contributed by atoms with Crippen molar-refractivity contribution in [2.24, 2.45) is 0 Å². The van der Waals surface area contributed by atoms with Gasteiger partial charge in [0.05, 0.1) is 11.2 Å². The van der Waals surface area contributed by atoms with Gasteiger partial charge in [-0.05, 0) is 64.3 Å². The average molecular weight is 447 g/mol. The molecule has 1 aliphatic heterocycles. The van der Waals surface area contributed by atoms with Crippen molar-refractivity contribution in [3.8, 4) is 0 Å². The summed E-state index contributed by atoms with van der Waals surface area (Å²) in [5.74, 6) is 1.93. The Hall–Kier alpha value is -2.84. The zero-order valence-electron chi connectivity index (χ0n) is 20.0. The lowest BCUT2D eigenvalue weighted by Gasteiger charge is -2.32. The molecule has 1 aliphatic carbocycles. The first kappa shape index (κ1) is 22.0. The average Bonchev–Trinajstić information content (AvgIpc) is 3.27. The van der Waals surface area contributed by atoms with E-state index in [0.29, 0.717) is 11.9 Å². The van der Waals surface area contributed by atoms with E-state index in [0.717, 1.165) is 86.6 Å². The molecule has 0 saturated carbocycles. The van der Waals surface area contributed by atoms with Crippen LogP contribution in [-0.4, -0.2) is 76.1 Å². The van der Waals surface area contributed by atoms with Crippen LogP contribution in [0.4, 0.5) is 17.7 Å². The van der Waals surface area contributed by atoms with E-state index in [9.17, 15) is 0 Å². The SMILES string of the molecule is Cc1cc(NCCCN2CCN(C)CC2)nc(Nc2nc(C)c3ccc4c(c3n2)CCC4)n1. The van der Waals surface area contributed by atoms with Gasteiger partial charge in [-0.15, -0.1) is 0 Å². The third-order valence-corrected chi connectivity index (χ3v) is 6.76. The second-order valence-electron chi connectivity index (χ2n) is 9.35. The number of aryl methyl sites for hydroxylation is 4. The summed E-state index contributed by atoms with van der Waals surface area (Å²) < 4.78 is 0. The lowest BCUT2D eigenvalue weighted by Crippen LogP contribution is -2.44. The van der Waals surface area contributed by atoms with Gasteiger partial charge in [-0.25, -0.2) is 15.0 Å². The predicted molar refractivity (Wildman–Crippen MR) is 133 cm³/mol. The maximum absolute atomic E-state index is 4.86. The number of fused-ring (bicyclic) bond motifs is 3. The molecule has 0 amide bonds. The van der Waals surface area contributed by atoms with Crippen LogP contribution in [0.25, 0.3) is 10.9 Å². The molecule has 1 saturated heterocycles. The van der Waals surface area contributed by atoms with Crippen LogP contribution in [0.3, 0.4) is 0 Å². The highest BCUT2D eigenvalue weighted by Gasteiger charge is 2.17. The number of anilines is 3. The van der Waals surface area contributed by atoms with Gasteiger partial charge in [-0.2, -0.15) is 4.98 Å². The van der Waals surface area contributed by atoms with Gasteiger partial charge < -0.3 is 15.1 Å². The summed E-state index contributed by atoms with van der Waals surface area (Å²) >= 11 is 0. The van der Waals surface area contributed by atoms with E-state index in [-0.39, 0.29) is 0 Å². The van der Waals surface area contributed by atoms with E-state index in [1.165, 1.54) is 17.5 Å². The van der Waals surface area contributed by atoms with Gasteiger partial charge in [-0.3, -0.25) is 5.32 Å². The predicted octanol–water partition coefficient (Wildman–Crippen LogP) is 3.32. The fourth-order valence-corrected chi connectivity index (χ4v) is 4.88. The molecule has 0 bridgehead atoms. The molecule has 0 unspecified atom stereocenters. The van der Waals surface area contributed by atoms with Crippen molar-refractivity contribution >= 4 is 28.6 Å². The van der Waals surface area contributed by atoms with E-state index >= 15 is 0 Å². The van der Waals surface area contributed by atoms with Gasteiger partial charge in [0.15, 0.2) is 0 Å². The zero-order chi connectivity index (χ0) is 22.8. The Bertz CT molecular complexity index is 1140. The molecule has 2 aliphatic rings. The number of nitrogens with one attached hydrogen (secondary N) is 2. The minimum absolute atomic E-state index is 0.530. The van der Waals surface area contributed by atoms with Crippen molar-refractivity contribution in [3.05, 3.63) is 40.7 Å². The molecular formula is C25H34N8. The van der Waals surface area contributed by atoms with Crippen molar-refractivity contribution in [2.75, 3.05) is 56.9 Å². The standard InChI is InChI=1S/C25H34N8/c1-17-16-22(26-10-5-11-33-14-12-32(3)13-15-33)29-24(27-17)31-25-28-18(2)20-9-8-19-6-4-7-21(19)23(20)30-25/h8-9,16H,4-7,10-15H2,1-3H3,(H2,26,27,28,29,30,31). The van der Waals surface area contributed by atoms with Gasteiger partial charge >= 0.3 is 0 Å². The Morgan fingerprint density at radius 3 is 2.61 bits per heavy atom. The topological polar surface area (TPSA) is 82.1 Å². The van der Waals surface area contributed by atoms with Crippen LogP contribution in [0, 0.1) is 13.8 Å². The van der Waals surface area contributed by atoms with E-state index in [4.69, 9.17) is 4.98 Å². The number of hydrogen-bond acceptors (Lipinski definition) is 8. The smallest absolute Gasteiger partial charge is 0.231 e. The maximum atomic E-state index is 4.86. The third-order valence-electron chi connectivity index (χ3n) is 6.76. The van der Waals surface area contributed by atoms with Gasteiger partial charge in [0.25, 0.3) is 0 Å². The fourth-order valence-electron chi connectivity index (χ4n) is 4.88. The summed E-state index contributed by atoms with van der Waals surface area (Å²) in [5.41, 5.74) is 5.74. The highest BCUT2D eigenvalue weighted by atomic mass is 15.2. The van der Waals surface area contributed by atoms with Crippen molar-refractivity contribution in [3.63, 3.8) is 0 Å². The van der Waals surface area contributed by atoms with Gasteiger partial charge in [0, 0.05) is 49.9 Å². The monoisotopic (exact) mass is 446 g/mol. The quantitative estimate of drug-likeness (QED) is 0.535. The van der Waals surface area contributed by atoms with Gasteiger partial charge in [0.2, 0.25) is 11.9 Å². The highest BCUT2D eigenvalue weighted by Crippen LogP contribution is 2.30. The van der Waals surface area contributed by atoms with Crippen LogP contribution in [-0.2, 0) is 12.8 Å². The Kier molecular flexibility index (Phi) is 6.37. The van der Waals surface area contributed by atoms with Crippen LogP contribution in [0.2, 0.25) is 0 Å². The van der Waals surface area contributed by atoms with E-state index in [1.54, 1.807) is 0 Å². The lowest BCUT2D eigenvalue weighted by atomic mass is 10.0. The Labute approximate surface area is 195 Å². The maximum Gasteiger partial charge on any atom is 0.231 e. The van der Waals surface area contributed by atoms with Crippen molar-refractivity contribution in [2.45, 2.75) is 39.5 Å². The first-order chi connectivity index (χ1) is 16.0. The number of nitrogens with zero attached hydrogens (tertiary/aromatic N) is 6. The lowest BCUT2D eigenvalue weighted by molar-refractivity contribution is 0.154. The second-order valence-corrected chi connectivity index (χ2v) is 9.35.